The van der Waals surface area contributed by atoms with Crippen LogP contribution in [0.25, 0.3) is 0 Å². The van der Waals surface area contributed by atoms with Gasteiger partial charge in [0.15, 0.2) is 0 Å². The minimum Gasteiger partial charge on any atom is -0.310 e. The number of rotatable bonds is 4. The van der Waals surface area contributed by atoms with Crippen LogP contribution < -0.4 is 5.32 Å². The van der Waals surface area contributed by atoms with E-state index in [1.165, 1.54) is 24.8 Å². The Balaban J connectivity index is 1.86. The van der Waals surface area contributed by atoms with Crippen LogP contribution >= 0.6 is 11.6 Å². The summed E-state index contributed by atoms with van der Waals surface area (Å²) in [5.74, 6) is 0.909. The van der Waals surface area contributed by atoms with Crippen molar-refractivity contribution in [3.05, 3.63) is 34.9 Å². The molecule has 0 spiro atoms. The first-order valence-electron chi connectivity index (χ1n) is 5.74. The molecule has 1 atom stereocenters. The van der Waals surface area contributed by atoms with Gasteiger partial charge in [-0.1, -0.05) is 30.2 Å². The second-order valence-corrected chi connectivity index (χ2v) is 4.92. The van der Waals surface area contributed by atoms with Gasteiger partial charge in [0.05, 0.1) is 0 Å². The molecule has 0 amide bonds. The molecule has 0 radical (unpaired) electrons. The van der Waals surface area contributed by atoms with E-state index in [2.05, 4.69) is 18.3 Å². The molecule has 0 aliphatic heterocycles. The molecular formula is C13H18ClN. The van der Waals surface area contributed by atoms with Crippen LogP contribution in [0, 0.1) is 5.92 Å². The fourth-order valence-corrected chi connectivity index (χ4v) is 2.13. The quantitative estimate of drug-likeness (QED) is 0.819. The monoisotopic (exact) mass is 223 g/mol. The van der Waals surface area contributed by atoms with Crippen molar-refractivity contribution < 1.29 is 0 Å². The van der Waals surface area contributed by atoms with E-state index in [1.54, 1.807) is 0 Å². The highest BCUT2D eigenvalue weighted by molar-refractivity contribution is 6.30. The maximum atomic E-state index is 5.96. The van der Waals surface area contributed by atoms with E-state index >= 15 is 0 Å². The van der Waals surface area contributed by atoms with Crippen molar-refractivity contribution >= 4 is 11.6 Å². The minimum atomic E-state index is 0.407. The number of nitrogens with one attached hydrogen (secondary N) is 1. The first-order chi connectivity index (χ1) is 7.25. The fraction of sp³-hybridized carbons (Fsp3) is 0.538. The molecule has 1 aliphatic carbocycles. The van der Waals surface area contributed by atoms with Crippen molar-refractivity contribution in [2.45, 2.75) is 32.2 Å². The van der Waals surface area contributed by atoms with Gasteiger partial charge in [-0.3, -0.25) is 0 Å². The molecule has 1 aromatic rings. The lowest BCUT2D eigenvalue weighted by Gasteiger charge is -2.27. The summed E-state index contributed by atoms with van der Waals surface area (Å²) in [7, 11) is 0. The standard InChI is InChI=1S/C13H18ClN/c1-10(15-9-11-4-2-5-11)12-6-3-7-13(14)8-12/h3,6-8,10-11,15H,2,4-5,9H2,1H3. The largest absolute Gasteiger partial charge is 0.310 e. The molecule has 0 aromatic heterocycles. The summed E-state index contributed by atoms with van der Waals surface area (Å²) in [6.07, 6.45) is 4.21. The predicted octanol–water partition coefficient (Wildman–Crippen LogP) is 3.79. The Morgan fingerprint density at radius 3 is 2.87 bits per heavy atom. The molecule has 1 aliphatic rings. The van der Waals surface area contributed by atoms with Crippen LogP contribution in [0.4, 0.5) is 0 Å². The van der Waals surface area contributed by atoms with Crippen LogP contribution in [0.15, 0.2) is 24.3 Å². The topological polar surface area (TPSA) is 12.0 Å². The Morgan fingerprint density at radius 1 is 1.47 bits per heavy atom. The molecule has 1 unspecified atom stereocenters. The smallest absolute Gasteiger partial charge is 0.0409 e. The Morgan fingerprint density at radius 2 is 2.27 bits per heavy atom. The third kappa shape index (κ3) is 2.96. The average molecular weight is 224 g/mol. The SMILES string of the molecule is CC(NCC1CCC1)c1cccc(Cl)c1. The van der Waals surface area contributed by atoms with Gasteiger partial charge < -0.3 is 5.32 Å². The van der Waals surface area contributed by atoms with Gasteiger partial charge in [0.1, 0.15) is 0 Å². The molecule has 82 valence electrons. The molecule has 1 fully saturated rings. The molecule has 2 heteroatoms. The van der Waals surface area contributed by atoms with E-state index in [0.717, 1.165) is 17.5 Å². The summed E-state index contributed by atoms with van der Waals surface area (Å²) in [4.78, 5) is 0. The Bertz CT molecular complexity index is 320. The summed E-state index contributed by atoms with van der Waals surface area (Å²) in [5.41, 5.74) is 1.28. The average Bonchev–Trinajstić information content (AvgIpc) is 2.15. The Kier molecular flexibility index (Phi) is 3.66. The highest BCUT2D eigenvalue weighted by Crippen LogP contribution is 2.26. The van der Waals surface area contributed by atoms with E-state index in [-0.39, 0.29) is 0 Å². The summed E-state index contributed by atoms with van der Waals surface area (Å²) < 4.78 is 0. The van der Waals surface area contributed by atoms with Crippen molar-refractivity contribution in [3.63, 3.8) is 0 Å². The molecule has 1 aromatic carbocycles. The first kappa shape index (κ1) is 11.0. The van der Waals surface area contributed by atoms with E-state index in [0.29, 0.717) is 6.04 Å². The van der Waals surface area contributed by atoms with Gasteiger partial charge in [-0.2, -0.15) is 0 Å². The molecule has 15 heavy (non-hydrogen) atoms. The highest BCUT2D eigenvalue weighted by Gasteiger charge is 2.17. The summed E-state index contributed by atoms with van der Waals surface area (Å²) in [6.45, 7) is 3.35. The zero-order chi connectivity index (χ0) is 10.7. The maximum Gasteiger partial charge on any atom is 0.0409 e. The second-order valence-electron chi connectivity index (χ2n) is 4.48. The van der Waals surface area contributed by atoms with Crippen LogP contribution in [0.2, 0.25) is 5.02 Å². The minimum absolute atomic E-state index is 0.407. The molecule has 0 heterocycles. The van der Waals surface area contributed by atoms with Crippen molar-refractivity contribution in [1.82, 2.24) is 5.32 Å². The summed E-state index contributed by atoms with van der Waals surface area (Å²) >= 11 is 5.96. The van der Waals surface area contributed by atoms with Crippen molar-refractivity contribution in [1.29, 1.82) is 0 Å². The van der Waals surface area contributed by atoms with Gasteiger partial charge in [-0.25, -0.2) is 0 Å². The van der Waals surface area contributed by atoms with Crippen LogP contribution in [0.1, 0.15) is 37.8 Å². The fourth-order valence-electron chi connectivity index (χ4n) is 1.93. The maximum absolute atomic E-state index is 5.96. The zero-order valence-electron chi connectivity index (χ0n) is 9.17. The normalized spacial score (nSPS) is 18.5. The van der Waals surface area contributed by atoms with Crippen LogP contribution in [-0.2, 0) is 0 Å². The molecule has 2 rings (SSSR count). The lowest BCUT2D eigenvalue weighted by atomic mass is 9.85. The molecule has 0 bridgehead atoms. The lowest BCUT2D eigenvalue weighted by molar-refractivity contribution is 0.292. The molecular weight excluding hydrogens is 206 g/mol. The van der Waals surface area contributed by atoms with Crippen LogP contribution in [0.3, 0.4) is 0 Å². The van der Waals surface area contributed by atoms with E-state index in [1.807, 2.05) is 18.2 Å². The number of hydrogen-bond donors (Lipinski definition) is 1. The van der Waals surface area contributed by atoms with E-state index in [9.17, 15) is 0 Å². The zero-order valence-corrected chi connectivity index (χ0v) is 9.93. The van der Waals surface area contributed by atoms with Crippen molar-refractivity contribution in [3.8, 4) is 0 Å². The molecule has 1 N–H and O–H groups in total. The summed E-state index contributed by atoms with van der Waals surface area (Å²) in [6, 6.07) is 8.51. The van der Waals surface area contributed by atoms with Crippen molar-refractivity contribution in [2.24, 2.45) is 5.92 Å². The highest BCUT2D eigenvalue weighted by atomic mass is 35.5. The Hall–Kier alpha value is -0.530. The summed E-state index contributed by atoms with van der Waals surface area (Å²) in [5, 5.41) is 4.39. The van der Waals surface area contributed by atoms with Gasteiger partial charge in [0.2, 0.25) is 0 Å². The van der Waals surface area contributed by atoms with Gasteiger partial charge in [-0.05, 0) is 49.9 Å². The van der Waals surface area contributed by atoms with Gasteiger partial charge in [0.25, 0.3) is 0 Å². The number of benzene rings is 1. The van der Waals surface area contributed by atoms with Crippen LogP contribution in [-0.4, -0.2) is 6.54 Å². The van der Waals surface area contributed by atoms with E-state index in [4.69, 9.17) is 11.6 Å². The third-order valence-electron chi connectivity index (χ3n) is 3.29. The third-order valence-corrected chi connectivity index (χ3v) is 3.52. The molecule has 1 saturated carbocycles. The first-order valence-corrected chi connectivity index (χ1v) is 6.12. The Labute approximate surface area is 96.8 Å². The second kappa shape index (κ2) is 5.00. The van der Waals surface area contributed by atoms with Gasteiger partial charge >= 0.3 is 0 Å². The number of halogens is 1. The van der Waals surface area contributed by atoms with Gasteiger partial charge in [0, 0.05) is 11.1 Å². The lowest BCUT2D eigenvalue weighted by Crippen LogP contribution is -2.29. The van der Waals surface area contributed by atoms with Gasteiger partial charge in [-0.15, -0.1) is 0 Å². The predicted molar refractivity (Wildman–Crippen MR) is 65.2 cm³/mol. The molecule has 1 nitrogen and oxygen atoms in total. The molecule has 0 saturated heterocycles. The van der Waals surface area contributed by atoms with Crippen molar-refractivity contribution in [2.75, 3.05) is 6.54 Å². The number of hydrogen-bond acceptors (Lipinski definition) is 1. The van der Waals surface area contributed by atoms with E-state index < -0.39 is 0 Å². The van der Waals surface area contributed by atoms with Crippen LogP contribution in [0.5, 0.6) is 0 Å².